The van der Waals surface area contributed by atoms with Crippen LogP contribution in [0.25, 0.3) is 10.2 Å². The molecule has 0 radical (unpaired) electrons. The van der Waals surface area contributed by atoms with Gasteiger partial charge in [-0.05, 0) is 65.0 Å². The smallest absolute Gasteiger partial charge is 0.263 e. The van der Waals surface area contributed by atoms with Gasteiger partial charge in [-0.15, -0.1) is 12.4 Å². The molecule has 0 aliphatic rings. The Morgan fingerprint density at radius 2 is 1.81 bits per heavy atom. The molecule has 5 nitrogen and oxygen atoms in total. The maximum absolute atomic E-state index is 13.2. The molecule has 7 heteroatoms. The van der Waals surface area contributed by atoms with Crippen molar-refractivity contribution in [3.63, 3.8) is 0 Å². The maximum atomic E-state index is 13.2. The van der Waals surface area contributed by atoms with Gasteiger partial charge < -0.3 is 9.32 Å². The van der Waals surface area contributed by atoms with E-state index in [0.29, 0.717) is 17.9 Å². The zero-order valence-electron chi connectivity index (χ0n) is 16.6. The van der Waals surface area contributed by atoms with Gasteiger partial charge in [-0.1, -0.05) is 17.4 Å². The van der Waals surface area contributed by atoms with E-state index in [4.69, 9.17) is 9.40 Å². The zero-order chi connectivity index (χ0) is 19.0. The molecule has 0 saturated heterocycles. The molecular formula is C20H26ClN3O2S. The van der Waals surface area contributed by atoms with Gasteiger partial charge in [0, 0.05) is 13.1 Å². The summed E-state index contributed by atoms with van der Waals surface area (Å²) in [4.78, 5) is 21.9. The first-order valence-corrected chi connectivity index (χ1v) is 9.49. The van der Waals surface area contributed by atoms with Crippen molar-refractivity contribution in [2.24, 2.45) is 0 Å². The number of thiazole rings is 1. The monoisotopic (exact) mass is 407 g/mol. The van der Waals surface area contributed by atoms with E-state index in [1.807, 2.05) is 34.0 Å². The number of anilines is 1. The number of carbonyl (C=O) groups excluding carboxylic acids is 1. The van der Waals surface area contributed by atoms with Crippen LogP contribution in [0.15, 0.2) is 22.6 Å². The fraction of sp³-hybridized carbons (Fsp3) is 0.400. The van der Waals surface area contributed by atoms with E-state index in [2.05, 4.69) is 30.9 Å². The van der Waals surface area contributed by atoms with Crippen molar-refractivity contribution in [1.29, 1.82) is 0 Å². The molecule has 0 spiro atoms. The molecule has 3 aromatic rings. The third kappa shape index (κ3) is 4.51. The number of likely N-dealkylation sites (N-methyl/N-ethyl adjacent to an activating group) is 1. The molecule has 3 rings (SSSR count). The third-order valence-corrected chi connectivity index (χ3v) is 5.36. The van der Waals surface area contributed by atoms with Crippen molar-refractivity contribution in [3.8, 4) is 0 Å². The number of nitrogens with zero attached hydrogens (tertiary/aromatic N) is 3. The lowest BCUT2D eigenvalue weighted by atomic mass is 10.1. The molecule has 0 atom stereocenters. The SMILES string of the molecule is Cc1cc(C)c2nc(N(CCN(C)C)C(=O)c3cc(C)oc3C)sc2c1.Cl. The maximum Gasteiger partial charge on any atom is 0.263 e. The summed E-state index contributed by atoms with van der Waals surface area (Å²) in [5.74, 6) is 1.33. The van der Waals surface area contributed by atoms with Crippen molar-refractivity contribution in [1.82, 2.24) is 9.88 Å². The Morgan fingerprint density at radius 1 is 1.11 bits per heavy atom. The number of furan rings is 1. The van der Waals surface area contributed by atoms with E-state index in [1.54, 1.807) is 16.2 Å². The van der Waals surface area contributed by atoms with Crippen LogP contribution in [-0.4, -0.2) is 43.0 Å². The molecule has 0 fully saturated rings. The van der Waals surface area contributed by atoms with Crippen LogP contribution in [0.1, 0.15) is 33.0 Å². The summed E-state index contributed by atoms with van der Waals surface area (Å²) >= 11 is 1.57. The number of amides is 1. The normalized spacial score (nSPS) is 11.1. The molecule has 2 aromatic heterocycles. The average molecular weight is 408 g/mol. The van der Waals surface area contributed by atoms with E-state index in [9.17, 15) is 4.79 Å². The number of aryl methyl sites for hydroxylation is 4. The predicted octanol–water partition coefficient (Wildman–Crippen LogP) is 4.75. The standard InChI is InChI=1S/C20H25N3O2S.ClH/c1-12-9-13(2)18-17(10-12)26-20(21-18)23(8-7-22(5)6)19(24)16-11-14(3)25-15(16)4;/h9-11H,7-8H2,1-6H3;1H. The molecule has 0 bridgehead atoms. The number of rotatable bonds is 5. The Balaban J connectivity index is 0.00000261. The first-order valence-electron chi connectivity index (χ1n) is 8.67. The van der Waals surface area contributed by atoms with Crippen LogP contribution in [-0.2, 0) is 0 Å². The minimum absolute atomic E-state index is 0. The van der Waals surface area contributed by atoms with Crippen molar-refractivity contribution in [2.45, 2.75) is 27.7 Å². The lowest BCUT2D eigenvalue weighted by Gasteiger charge is -2.21. The quantitative estimate of drug-likeness (QED) is 0.612. The molecule has 0 aliphatic carbocycles. The van der Waals surface area contributed by atoms with Gasteiger partial charge in [-0.3, -0.25) is 9.69 Å². The summed E-state index contributed by atoms with van der Waals surface area (Å²) in [7, 11) is 4.00. The van der Waals surface area contributed by atoms with E-state index in [0.717, 1.165) is 33.2 Å². The molecule has 27 heavy (non-hydrogen) atoms. The van der Waals surface area contributed by atoms with Crippen LogP contribution >= 0.6 is 23.7 Å². The van der Waals surface area contributed by atoms with Crippen molar-refractivity contribution >= 4 is 45.0 Å². The minimum Gasteiger partial charge on any atom is -0.466 e. The van der Waals surface area contributed by atoms with Crippen LogP contribution in [0.2, 0.25) is 0 Å². The summed E-state index contributed by atoms with van der Waals surface area (Å²) in [6.07, 6.45) is 0. The number of fused-ring (bicyclic) bond motifs is 1. The largest absolute Gasteiger partial charge is 0.466 e. The lowest BCUT2D eigenvalue weighted by molar-refractivity contribution is 0.0983. The summed E-state index contributed by atoms with van der Waals surface area (Å²) in [5.41, 5.74) is 3.92. The highest BCUT2D eigenvalue weighted by Crippen LogP contribution is 2.32. The molecule has 0 aliphatic heterocycles. The van der Waals surface area contributed by atoms with E-state index >= 15 is 0 Å². The van der Waals surface area contributed by atoms with Gasteiger partial charge in [0.1, 0.15) is 11.5 Å². The Morgan fingerprint density at radius 3 is 2.41 bits per heavy atom. The first kappa shape index (κ1) is 21.4. The van der Waals surface area contributed by atoms with Gasteiger partial charge >= 0.3 is 0 Å². The second-order valence-corrected chi connectivity index (χ2v) is 8.02. The number of hydrogen-bond donors (Lipinski definition) is 0. The number of halogens is 1. The van der Waals surface area contributed by atoms with Crippen LogP contribution in [0.5, 0.6) is 0 Å². The highest BCUT2D eigenvalue weighted by Gasteiger charge is 2.25. The van der Waals surface area contributed by atoms with Crippen LogP contribution in [0.4, 0.5) is 5.13 Å². The minimum atomic E-state index is -0.0605. The fourth-order valence-electron chi connectivity index (χ4n) is 3.05. The molecule has 0 saturated carbocycles. The predicted molar refractivity (Wildman–Crippen MR) is 115 cm³/mol. The van der Waals surface area contributed by atoms with Gasteiger partial charge in [0.15, 0.2) is 5.13 Å². The number of carbonyl (C=O) groups is 1. The van der Waals surface area contributed by atoms with Crippen LogP contribution in [0.3, 0.4) is 0 Å². The van der Waals surface area contributed by atoms with E-state index in [1.165, 1.54) is 5.56 Å². The molecule has 1 amide bonds. The van der Waals surface area contributed by atoms with Gasteiger partial charge in [0.05, 0.1) is 15.8 Å². The highest BCUT2D eigenvalue weighted by molar-refractivity contribution is 7.22. The van der Waals surface area contributed by atoms with Gasteiger partial charge in [0.2, 0.25) is 0 Å². The lowest BCUT2D eigenvalue weighted by Crippen LogP contribution is -2.36. The van der Waals surface area contributed by atoms with Crippen molar-refractivity contribution < 1.29 is 9.21 Å². The molecule has 2 heterocycles. The van der Waals surface area contributed by atoms with E-state index < -0.39 is 0 Å². The molecule has 146 valence electrons. The zero-order valence-corrected chi connectivity index (χ0v) is 18.3. The van der Waals surface area contributed by atoms with Gasteiger partial charge in [-0.2, -0.15) is 0 Å². The molecule has 0 unspecified atom stereocenters. The van der Waals surface area contributed by atoms with Crippen molar-refractivity contribution in [2.75, 3.05) is 32.1 Å². The molecular weight excluding hydrogens is 382 g/mol. The van der Waals surface area contributed by atoms with Gasteiger partial charge in [0.25, 0.3) is 5.91 Å². The first-order chi connectivity index (χ1) is 12.3. The Bertz CT molecular complexity index is 962. The number of aromatic nitrogens is 1. The molecule has 1 aromatic carbocycles. The van der Waals surface area contributed by atoms with Gasteiger partial charge in [-0.25, -0.2) is 4.98 Å². The second-order valence-electron chi connectivity index (χ2n) is 7.01. The highest BCUT2D eigenvalue weighted by atomic mass is 35.5. The number of benzene rings is 1. The topological polar surface area (TPSA) is 49.6 Å². The fourth-order valence-corrected chi connectivity index (χ4v) is 4.21. The van der Waals surface area contributed by atoms with Crippen LogP contribution < -0.4 is 4.90 Å². The summed E-state index contributed by atoms with van der Waals surface area (Å²) in [6.45, 7) is 9.17. The summed E-state index contributed by atoms with van der Waals surface area (Å²) in [6, 6.07) is 6.07. The summed E-state index contributed by atoms with van der Waals surface area (Å²) < 4.78 is 6.68. The van der Waals surface area contributed by atoms with Crippen molar-refractivity contribution in [3.05, 3.63) is 46.4 Å². The third-order valence-electron chi connectivity index (χ3n) is 4.34. The molecule has 0 N–H and O–H groups in total. The Labute approximate surface area is 170 Å². The summed E-state index contributed by atoms with van der Waals surface area (Å²) in [5, 5.41) is 0.735. The average Bonchev–Trinajstić information content (AvgIpc) is 3.10. The number of hydrogen-bond acceptors (Lipinski definition) is 5. The van der Waals surface area contributed by atoms with Crippen LogP contribution in [0, 0.1) is 27.7 Å². The second kappa shape index (κ2) is 8.42. The Hall–Kier alpha value is -1.89. The Kier molecular flexibility index (Phi) is 6.68. The van der Waals surface area contributed by atoms with E-state index in [-0.39, 0.29) is 18.3 Å².